The van der Waals surface area contributed by atoms with E-state index in [2.05, 4.69) is 36.2 Å². The minimum absolute atomic E-state index is 0.163. The molecule has 0 fully saturated rings. The quantitative estimate of drug-likeness (QED) is 0.607. The lowest BCUT2D eigenvalue weighted by atomic mass is 10.1. The van der Waals surface area contributed by atoms with Gasteiger partial charge in [-0.25, -0.2) is 4.39 Å². The van der Waals surface area contributed by atoms with Gasteiger partial charge in [-0.3, -0.25) is 9.69 Å². The average molecular weight is 380 g/mol. The van der Waals surface area contributed by atoms with Gasteiger partial charge in [0.25, 0.3) is 5.91 Å². The van der Waals surface area contributed by atoms with E-state index in [1.165, 1.54) is 11.6 Å². The standard InChI is InChI=1S/C23H25FN2O2/c1-3-26(4-2)16-18-11-9-17(10-12-18)15-25-23(27)22-14-13-21(28-22)19-7-5-6-8-20(19)24/h5-14H,3-4,15-16H2,1-2H3,(H,25,27). The van der Waals surface area contributed by atoms with E-state index < -0.39 is 0 Å². The van der Waals surface area contributed by atoms with Crippen LogP contribution in [0.15, 0.2) is 65.1 Å². The second kappa shape index (κ2) is 9.33. The van der Waals surface area contributed by atoms with Gasteiger partial charge >= 0.3 is 0 Å². The van der Waals surface area contributed by atoms with Crippen LogP contribution in [0.4, 0.5) is 4.39 Å². The number of nitrogens with one attached hydrogen (secondary N) is 1. The van der Waals surface area contributed by atoms with E-state index in [9.17, 15) is 9.18 Å². The first kappa shape index (κ1) is 19.8. The Balaban J connectivity index is 1.58. The van der Waals surface area contributed by atoms with E-state index in [1.54, 1.807) is 30.3 Å². The molecule has 0 aliphatic carbocycles. The Hall–Kier alpha value is -2.92. The summed E-state index contributed by atoms with van der Waals surface area (Å²) in [5.74, 6) is -0.205. The molecule has 3 aromatic rings. The predicted molar refractivity (Wildman–Crippen MR) is 108 cm³/mol. The van der Waals surface area contributed by atoms with E-state index in [0.717, 1.165) is 25.2 Å². The molecule has 1 heterocycles. The predicted octanol–water partition coefficient (Wildman–Crippen LogP) is 4.86. The summed E-state index contributed by atoms with van der Waals surface area (Å²) in [6.45, 7) is 7.67. The van der Waals surface area contributed by atoms with Crippen molar-refractivity contribution in [1.82, 2.24) is 10.2 Å². The lowest BCUT2D eigenvalue weighted by Crippen LogP contribution is -2.23. The van der Waals surface area contributed by atoms with Crippen molar-refractivity contribution in [2.45, 2.75) is 26.9 Å². The molecular formula is C23H25FN2O2. The third-order valence-corrected chi connectivity index (χ3v) is 4.75. The van der Waals surface area contributed by atoms with E-state index in [1.807, 2.05) is 12.1 Å². The molecule has 0 spiro atoms. The largest absolute Gasteiger partial charge is 0.451 e. The van der Waals surface area contributed by atoms with Crippen molar-refractivity contribution < 1.29 is 13.6 Å². The summed E-state index contributed by atoms with van der Waals surface area (Å²) in [6.07, 6.45) is 0. The van der Waals surface area contributed by atoms with Gasteiger partial charge in [0.15, 0.2) is 5.76 Å². The first-order valence-corrected chi connectivity index (χ1v) is 9.53. The Morgan fingerprint density at radius 2 is 1.64 bits per heavy atom. The maximum absolute atomic E-state index is 13.8. The summed E-state index contributed by atoms with van der Waals surface area (Å²) < 4.78 is 19.4. The molecule has 0 bridgehead atoms. The van der Waals surface area contributed by atoms with Crippen molar-refractivity contribution in [3.63, 3.8) is 0 Å². The molecule has 0 saturated carbocycles. The average Bonchev–Trinajstić information content (AvgIpc) is 3.21. The number of carbonyl (C=O) groups is 1. The lowest BCUT2D eigenvalue weighted by Gasteiger charge is -2.18. The normalized spacial score (nSPS) is 11.0. The van der Waals surface area contributed by atoms with Crippen molar-refractivity contribution >= 4 is 5.91 Å². The molecule has 146 valence electrons. The minimum Gasteiger partial charge on any atom is -0.451 e. The Morgan fingerprint density at radius 3 is 2.32 bits per heavy atom. The topological polar surface area (TPSA) is 45.5 Å². The van der Waals surface area contributed by atoms with Gasteiger partial charge in [0.2, 0.25) is 0 Å². The number of hydrogen-bond acceptors (Lipinski definition) is 3. The van der Waals surface area contributed by atoms with Crippen LogP contribution in [0.5, 0.6) is 0 Å². The smallest absolute Gasteiger partial charge is 0.287 e. The Morgan fingerprint density at radius 1 is 0.964 bits per heavy atom. The molecule has 5 heteroatoms. The first-order valence-electron chi connectivity index (χ1n) is 9.53. The van der Waals surface area contributed by atoms with Crippen molar-refractivity contribution in [2.24, 2.45) is 0 Å². The van der Waals surface area contributed by atoms with Crippen LogP contribution in [0.25, 0.3) is 11.3 Å². The third-order valence-electron chi connectivity index (χ3n) is 4.75. The van der Waals surface area contributed by atoms with E-state index in [4.69, 9.17) is 4.42 Å². The molecule has 2 aromatic carbocycles. The molecule has 0 atom stereocenters. The van der Waals surface area contributed by atoms with Gasteiger partial charge in [-0.05, 0) is 48.5 Å². The van der Waals surface area contributed by atoms with Crippen molar-refractivity contribution in [2.75, 3.05) is 13.1 Å². The van der Waals surface area contributed by atoms with Crippen LogP contribution >= 0.6 is 0 Å². The van der Waals surface area contributed by atoms with Crippen molar-refractivity contribution in [3.05, 3.63) is 83.4 Å². The van der Waals surface area contributed by atoms with Crippen LogP contribution in [0.2, 0.25) is 0 Å². The molecule has 0 aliphatic heterocycles. The summed E-state index contributed by atoms with van der Waals surface area (Å²) in [5.41, 5.74) is 2.60. The summed E-state index contributed by atoms with van der Waals surface area (Å²) in [4.78, 5) is 14.7. The molecule has 0 saturated heterocycles. The van der Waals surface area contributed by atoms with Crippen molar-refractivity contribution in [3.8, 4) is 11.3 Å². The molecule has 3 rings (SSSR count). The number of halogens is 1. The minimum atomic E-state index is -0.381. The zero-order valence-corrected chi connectivity index (χ0v) is 16.2. The molecule has 28 heavy (non-hydrogen) atoms. The van der Waals surface area contributed by atoms with Crippen LogP contribution in [-0.4, -0.2) is 23.9 Å². The number of furan rings is 1. The number of rotatable bonds is 8. The molecule has 1 aromatic heterocycles. The van der Waals surface area contributed by atoms with E-state index in [-0.39, 0.29) is 17.5 Å². The molecule has 0 unspecified atom stereocenters. The van der Waals surface area contributed by atoms with Crippen LogP contribution in [0, 0.1) is 5.82 Å². The van der Waals surface area contributed by atoms with Crippen molar-refractivity contribution in [1.29, 1.82) is 0 Å². The number of amides is 1. The van der Waals surface area contributed by atoms with Gasteiger partial charge in [-0.2, -0.15) is 0 Å². The summed E-state index contributed by atoms with van der Waals surface area (Å²) >= 11 is 0. The van der Waals surface area contributed by atoms with Crippen LogP contribution in [0.3, 0.4) is 0 Å². The summed E-state index contributed by atoms with van der Waals surface area (Å²) in [5, 5.41) is 2.84. The Kier molecular flexibility index (Phi) is 6.61. The second-order valence-corrected chi connectivity index (χ2v) is 6.60. The number of hydrogen-bond donors (Lipinski definition) is 1. The first-order chi connectivity index (χ1) is 13.6. The molecule has 1 N–H and O–H groups in total. The maximum Gasteiger partial charge on any atom is 0.287 e. The Labute approximate surface area is 165 Å². The molecule has 4 nitrogen and oxygen atoms in total. The summed E-state index contributed by atoms with van der Waals surface area (Å²) in [6, 6.07) is 17.7. The number of carbonyl (C=O) groups excluding carboxylic acids is 1. The fourth-order valence-electron chi connectivity index (χ4n) is 3.00. The number of nitrogens with zero attached hydrogens (tertiary/aromatic N) is 1. The van der Waals surface area contributed by atoms with E-state index in [0.29, 0.717) is 17.9 Å². The van der Waals surface area contributed by atoms with Gasteiger partial charge in [-0.15, -0.1) is 0 Å². The molecule has 0 aliphatic rings. The van der Waals surface area contributed by atoms with Gasteiger partial charge in [-0.1, -0.05) is 50.2 Å². The molecular weight excluding hydrogens is 355 g/mol. The van der Waals surface area contributed by atoms with E-state index >= 15 is 0 Å². The maximum atomic E-state index is 13.8. The summed E-state index contributed by atoms with van der Waals surface area (Å²) in [7, 11) is 0. The van der Waals surface area contributed by atoms with Crippen LogP contribution < -0.4 is 5.32 Å². The van der Waals surface area contributed by atoms with Gasteiger partial charge in [0.05, 0.1) is 5.56 Å². The highest BCUT2D eigenvalue weighted by atomic mass is 19.1. The Bertz CT molecular complexity index is 914. The SMILES string of the molecule is CCN(CC)Cc1ccc(CNC(=O)c2ccc(-c3ccccc3F)o2)cc1. The monoisotopic (exact) mass is 380 g/mol. The lowest BCUT2D eigenvalue weighted by molar-refractivity contribution is 0.0924. The third kappa shape index (κ3) is 4.87. The molecule has 0 radical (unpaired) electrons. The highest BCUT2D eigenvalue weighted by Crippen LogP contribution is 2.24. The van der Waals surface area contributed by atoms with Gasteiger partial charge in [0.1, 0.15) is 11.6 Å². The fraction of sp³-hybridized carbons (Fsp3) is 0.261. The van der Waals surface area contributed by atoms with Crippen LogP contribution in [0.1, 0.15) is 35.5 Å². The van der Waals surface area contributed by atoms with Crippen LogP contribution in [-0.2, 0) is 13.1 Å². The number of benzene rings is 2. The van der Waals surface area contributed by atoms with Gasteiger partial charge < -0.3 is 9.73 Å². The second-order valence-electron chi connectivity index (χ2n) is 6.60. The van der Waals surface area contributed by atoms with Gasteiger partial charge in [0, 0.05) is 13.1 Å². The highest BCUT2D eigenvalue weighted by molar-refractivity contribution is 5.92. The highest BCUT2D eigenvalue weighted by Gasteiger charge is 2.14. The zero-order chi connectivity index (χ0) is 19.9. The fourth-order valence-corrected chi connectivity index (χ4v) is 3.00. The molecule has 1 amide bonds. The zero-order valence-electron chi connectivity index (χ0n) is 16.2.